The van der Waals surface area contributed by atoms with Gasteiger partial charge in [0.15, 0.2) is 18.4 Å². The van der Waals surface area contributed by atoms with Crippen LogP contribution in [0.2, 0.25) is 0 Å². The Morgan fingerprint density at radius 1 is 0.574 bits per heavy atom. The Hall–Kier alpha value is -0.390. The molecule has 0 fully saturated rings. The van der Waals surface area contributed by atoms with Crippen LogP contribution in [0.1, 0.15) is 168 Å². The molecule has 2 amide bonds. The van der Waals surface area contributed by atoms with Gasteiger partial charge in [-0.05, 0) is 19.3 Å². The van der Waals surface area contributed by atoms with Crippen LogP contribution in [-0.4, -0.2) is 61.3 Å². The van der Waals surface area contributed by atoms with E-state index in [0.29, 0.717) is 13.0 Å². The van der Waals surface area contributed by atoms with Crippen molar-refractivity contribution in [3.63, 3.8) is 0 Å². The fraction of sp³-hybridized carbons (Fsp3) is 0.943. The van der Waals surface area contributed by atoms with Gasteiger partial charge in [0.2, 0.25) is 0 Å². The molecule has 0 aromatic carbocycles. The Labute approximate surface area is 308 Å². The van der Waals surface area contributed by atoms with Crippen molar-refractivity contribution in [3.05, 3.63) is 0 Å². The quantitative estimate of drug-likeness (QED) is 0.0293. The number of hydrogen-bond donors (Lipinski definition) is 6. The second kappa shape index (κ2) is 40.0. The van der Waals surface area contributed by atoms with E-state index in [1.165, 1.54) is 128 Å². The normalized spacial score (nSPS) is 12.6. The summed E-state index contributed by atoms with van der Waals surface area (Å²) in [5.74, 6) is -0.0499. The maximum Gasteiger partial charge on any atom is 0.282 e. The van der Waals surface area contributed by atoms with Gasteiger partial charge in [-0.15, -0.1) is 0 Å². The molecule has 0 rings (SSSR count). The van der Waals surface area contributed by atoms with Gasteiger partial charge < -0.3 is 64.6 Å². The van der Waals surface area contributed by atoms with Crippen molar-refractivity contribution in [2.45, 2.75) is 186 Å². The summed E-state index contributed by atoms with van der Waals surface area (Å²) < 4.78 is 0. The van der Waals surface area contributed by atoms with Crippen molar-refractivity contribution in [1.82, 2.24) is 15.5 Å². The molecular formula is C35H78Cl3N7O2. The number of quaternary nitrogens is 3. The molecule has 0 aliphatic carbocycles. The first-order valence-corrected chi connectivity index (χ1v) is 18.9. The van der Waals surface area contributed by atoms with Crippen molar-refractivity contribution < 1.29 is 64.0 Å². The molecule has 3 unspecified atom stereocenters. The highest BCUT2D eigenvalue weighted by molar-refractivity contribution is 5.83. The third-order valence-corrected chi connectivity index (χ3v) is 8.75. The van der Waals surface area contributed by atoms with Crippen molar-refractivity contribution in [2.75, 3.05) is 26.2 Å². The highest BCUT2D eigenvalue weighted by Gasteiger charge is 2.26. The number of unbranched alkanes of at least 4 members (excludes halogenated alkanes) is 20. The third kappa shape index (κ3) is 35.2. The highest BCUT2D eigenvalue weighted by Crippen LogP contribution is 2.14. The summed E-state index contributed by atoms with van der Waals surface area (Å²) in [5.41, 5.74) is 17.4. The maximum atomic E-state index is 13.4. The molecule has 286 valence electrons. The summed E-state index contributed by atoms with van der Waals surface area (Å²) in [6.07, 6.45) is 29.7. The SMILES string of the molecule is CCCCCCCCCCCCCCN(CCCCCCCCCCCC)C(=O)C([NH3+])CNC(=O)C([NH3+])CCCNC(N)[NH3+].[Cl-].[Cl-].[Cl-]. The lowest BCUT2D eigenvalue weighted by molar-refractivity contribution is -0.427. The minimum absolute atomic E-state index is 0. The van der Waals surface area contributed by atoms with Gasteiger partial charge in [0, 0.05) is 26.1 Å². The number of hydrogen-bond acceptors (Lipinski definition) is 4. The topological polar surface area (TPSA) is 170 Å². The first kappa shape index (κ1) is 53.4. The monoisotopic (exact) mass is 734 g/mol. The second-order valence-corrected chi connectivity index (χ2v) is 13.2. The number of amides is 2. The Morgan fingerprint density at radius 2 is 0.936 bits per heavy atom. The number of nitrogens with two attached hydrogens (primary N) is 1. The molecule has 0 spiro atoms. The summed E-state index contributed by atoms with van der Waals surface area (Å²) in [7, 11) is 0. The minimum atomic E-state index is -0.475. The zero-order valence-electron chi connectivity index (χ0n) is 30.6. The van der Waals surface area contributed by atoms with Crippen LogP contribution in [0.25, 0.3) is 0 Å². The van der Waals surface area contributed by atoms with Gasteiger partial charge in [0.1, 0.15) is 0 Å². The minimum Gasteiger partial charge on any atom is -1.00 e. The van der Waals surface area contributed by atoms with Crippen LogP contribution in [0.5, 0.6) is 0 Å². The van der Waals surface area contributed by atoms with Crippen molar-refractivity contribution in [1.29, 1.82) is 0 Å². The first-order valence-electron chi connectivity index (χ1n) is 18.9. The van der Waals surface area contributed by atoms with Crippen molar-refractivity contribution in [2.24, 2.45) is 5.73 Å². The maximum absolute atomic E-state index is 13.4. The molecule has 9 nitrogen and oxygen atoms in total. The van der Waals surface area contributed by atoms with E-state index in [2.05, 4.69) is 41.7 Å². The lowest BCUT2D eigenvalue weighted by Crippen LogP contribution is -3.00. The Kier molecular flexibility index (Phi) is 45.5. The highest BCUT2D eigenvalue weighted by atomic mass is 35.5. The van der Waals surface area contributed by atoms with Crippen molar-refractivity contribution >= 4 is 11.8 Å². The number of halogens is 3. The fourth-order valence-corrected chi connectivity index (χ4v) is 5.75. The van der Waals surface area contributed by atoms with Gasteiger partial charge in [-0.25, -0.2) is 0 Å². The summed E-state index contributed by atoms with van der Waals surface area (Å²) in [6, 6.07) is -0.832. The summed E-state index contributed by atoms with van der Waals surface area (Å²) in [4.78, 5) is 28.0. The predicted octanol–water partition coefficient (Wildman–Crippen LogP) is -5.36. The number of nitrogens with one attached hydrogen (secondary N) is 2. The zero-order valence-corrected chi connectivity index (χ0v) is 32.9. The fourth-order valence-electron chi connectivity index (χ4n) is 5.75. The van der Waals surface area contributed by atoms with E-state index in [-0.39, 0.29) is 67.9 Å². The zero-order chi connectivity index (χ0) is 32.7. The van der Waals surface area contributed by atoms with E-state index in [1.54, 1.807) is 0 Å². The van der Waals surface area contributed by atoms with E-state index in [9.17, 15) is 9.59 Å². The van der Waals surface area contributed by atoms with Gasteiger partial charge in [0.25, 0.3) is 11.8 Å². The molecule has 0 bridgehead atoms. The van der Waals surface area contributed by atoms with Crippen LogP contribution < -0.4 is 70.8 Å². The Morgan fingerprint density at radius 3 is 1.30 bits per heavy atom. The average molecular weight is 735 g/mol. The van der Waals surface area contributed by atoms with Gasteiger partial charge in [-0.3, -0.25) is 20.6 Å². The molecule has 0 aromatic rings. The van der Waals surface area contributed by atoms with Crippen LogP contribution in [-0.2, 0) is 9.59 Å². The lowest BCUT2D eigenvalue weighted by Gasteiger charge is -2.25. The van der Waals surface area contributed by atoms with Crippen LogP contribution in [0.3, 0.4) is 0 Å². The third-order valence-electron chi connectivity index (χ3n) is 8.75. The molecule has 0 radical (unpaired) electrons. The smallest absolute Gasteiger partial charge is 0.282 e. The molecule has 47 heavy (non-hydrogen) atoms. The molecular weight excluding hydrogens is 657 g/mol. The molecule has 12 heteroatoms. The Bertz CT molecular complexity index is 667. The van der Waals surface area contributed by atoms with Gasteiger partial charge >= 0.3 is 0 Å². The molecule has 0 saturated heterocycles. The molecule has 0 saturated carbocycles. The number of nitrogens with zero attached hydrogens (tertiary/aromatic N) is 1. The first-order chi connectivity index (χ1) is 21.3. The molecule has 13 N–H and O–H groups in total. The van der Waals surface area contributed by atoms with Gasteiger partial charge in [-0.1, -0.05) is 142 Å². The molecule has 0 aliphatic heterocycles. The number of rotatable bonds is 33. The second-order valence-electron chi connectivity index (χ2n) is 13.2. The molecule has 3 atom stereocenters. The van der Waals surface area contributed by atoms with Crippen LogP contribution in [0.4, 0.5) is 0 Å². The van der Waals surface area contributed by atoms with E-state index in [1.807, 2.05) is 4.90 Å². The van der Waals surface area contributed by atoms with Gasteiger partial charge in [-0.2, -0.15) is 0 Å². The van der Waals surface area contributed by atoms with Crippen molar-refractivity contribution in [3.8, 4) is 0 Å². The Balaban J connectivity index is -0.00000308. The number of carbonyl (C=O) groups excluding carboxylic acids is 2. The largest absolute Gasteiger partial charge is 1.00 e. The average Bonchev–Trinajstić information content (AvgIpc) is 3.01. The molecule has 0 heterocycles. The molecule has 0 aliphatic rings. The van der Waals surface area contributed by atoms with E-state index in [4.69, 9.17) is 5.73 Å². The lowest BCUT2D eigenvalue weighted by atomic mass is 10.0. The van der Waals surface area contributed by atoms with Crippen LogP contribution in [0.15, 0.2) is 0 Å². The van der Waals surface area contributed by atoms with Crippen LogP contribution >= 0.6 is 0 Å². The van der Waals surface area contributed by atoms with Gasteiger partial charge in [0.05, 0.1) is 6.54 Å². The van der Waals surface area contributed by atoms with E-state index < -0.39 is 6.04 Å². The summed E-state index contributed by atoms with van der Waals surface area (Å²) in [5, 5.41) is 5.97. The molecule has 0 aromatic heterocycles. The standard InChI is InChI=1S/C35H75N7O2.3ClH/c1-3-5-7-9-11-13-15-16-18-20-22-24-29-42(28-23-21-19-17-14-12-10-8-6-4-2)34(44)32(37)30-41-33(43)31(36)26-25-27-40-35(38)39;;;/h31-32,35,40H,3-30,36-39H2,1-2H3,(H,41,43);3*1H. The summed E-state index contributed by atoms with van der Waals surface area (Å²) >= 11 is 0. The predicted molar refractivity (Wildman–Crippen MR) is 184 cm³/mol. The van der Waals surface area contributed by atoms with E-state index >= 15 is 0 Å². The number of carbonyl (C=O) groups is 2. The van der Waals surface area contributed by atoms with E-state index in [0.717, 1.165) is 32.4 Å². The van der Waals surface area contributed by atoms with Crippen LogP contribution in [0, 0.1) is 0 Å². The summed E-state index contributed by atoms with van der Waals surface area (Å²) in [6.45, 7) is 7.10.